The summed E-state index contributed by atoms with van der Waals surface area (Å²) in [7, 11) is 0. The fraction of sp³-hybridized carbons (Fsp3) is 0.611. The van der Waals surface area contributed by atoms with Crippen LogP contribution in [0.1, 0.15) is 55.2 Å². The van der Waals surface area contributed by atoms with Crippen LogP contribution < -0.4 is 10.6 Å². The zero-order valence-electron chi connectivity index (χ0n) is 13.6. The highest BCUT2D eigenvalue weighted by atomic mass is 16.1. The van der Waals surface area contributed by atoms with Crippen LogP contribution in [-0.4, -0.2) is 18.5 Å². The maximum Gasteiger partial charge on any atom is 0.239 e. The van der Waals surface area contributed by atoms with Crippen molar-refractivity contribution >= 4 is 11.6 Å². The third-order valence-electron chi connectivity index (χ3n) is 4.32. The molecule has 0 heterocycles. The van der Waals surface area contributed by atoms with E-state index in [1.54, 1.807) is 0 Å². The van der Waals surface area contributed by atoms with Gasteiger partial charge in [-0.2, -0.15) is 0 Å². The van der Waals surface area contributed by atoms with Gasteiger partial charge in [-0.3, -0.25) is 4.79 Å². The number of nitrogens with one attached hydrogen (secondary N) is 2. The van der Waals surface area contributed by atoms with Gasteiger partial charge in [0.05, 0.1) is 6.54 Å². The number of anilines is 1. The van der Waals surface area contributed by atoms with Crippen LogP contribution in [0.3, 0.4) is 0 Å². The molecular formula is C18H28N2O. The molecule has 0 atom stereocenters. The molecule has 21 heavy (non-hydrogen) atoms. The lowest BCUT2D eigenvalue weighted by Gasteiger charge is -2.18. The Morgan fingerprint density at radius 1 is 1.05 bits per heavy atom. The minimum atomic E-state index is 0.112. The molecule has 0 aromatic heterocycles. The van der Waals surface area contributed by atoms with Gasteiger partial charge in [-0.15, -0.1) is 0 Å². The zero-order valence-corrected chi connectivity index (χ0v) is 13.6. The van der Waals surface area contributed by atoms with Crippen molar-refractivity contribution in [2.24, 2.45) is 0 Å². The molecule has 0 spiro atoms. The van der Waals surface area contributed by atoms with Crippen molar-refractivity contribution in [1.29, 1.82) is 0 Å². The normalized spacial score (nSPS) is 16.3. The number of hydrogen-bond donors (Lipinski definition) is 2. The quantitative estimate of drug-likeness (QED) is 0.826. The molecule has 1 amide bonds. The fourth-order valence-corrected chi connectivity index (χ4v) is 3.33. The Morgan fingerprint density at radius 2 is 1.62 bits per heavy atom. The van der Waals surface area contributed by atoms with Gasteiger partial charge in [0.15, 0.2) is 0 Å². The molecule has 116 valence electrons. The Morgan fingerprint density at radius 3 is 2.19 bits per heavy atom. The average molecular weight is 288 g/mol. The first-order valence-electron chi connectivity index (χ1n) is 8.17. The Labute approximate surface area is 128 Å². The topological polar surface area (TPSA) is 41.1 Å². The molecule has 1 fully saturated rings. The second kappa shape index (κ2) is 7.48. The number of amides is 1. The van der Waals surface area contributed by atoms with Crippen molar-refractivity contribution in [2.45, 2.75) is 65.3 Å². The molecule has 2 N–H and O–H groups in total. The van der Waals surface area contributed by atoms with Gasteiger partial charge in [-0.1, -0.05) is 43.4 Å². The van der Waals surface area contributed by atoms with Crippen molar-refractivity contribution in [1.82, 2.24) is 5.32 Å². The van der Waals surface area contributed by atoms with Gasteiger partial charge in [0.2, 0.25) is 5.91 Å². The van der Waals surface area contributed by atoms with Gasteiger partial charge < -0.3 is 10.6 Å². The summed E-state index contributed by atoms with van der Waals surface area (Å²) in [5.74, 6) is 0.112. The highest BCUT2D eigenvalue weighted by molar-refractivity contribution is 5.81. The molecule has 0 aliphatic heterocycles. The van der Waals surface area contributed by atoms with Crippen LogP contribution >= 0.6 is 0 Å². The molecule has 3 heteroatoms. The smallest absolute Gasteiger partial charge is 0.239 e. The lowest BCUT2D eigenvalue weighted by molar-refractivity contribution is -0.120. The number of aryl methyl sites for hydroxylation is 3. The Hall–Kier alpha value is -1.51. The molecule has 0 radical (unpaired) electrons. The second-order valence-electron chi connectivity index (χ2n) is 6.38. The Bertz CT molecular complexity index is 465. The Kier molecular flexibility index (Phi) is 5.66. The van der Waals surface area contributed by atoms with Crippen LogP contribution in [0, 0.1) is 20.8 Å². The van der Waals surface area contributed by atoms with E-state index in [0.29, 0.717) is 12.6 Å². The van der Waals surface area contributed by atoms with Gasteiger partial charge in [0, 0.05) is 11.7 Å². The minimum Gasteiger partial charge on any atom is -0.376 e. The van der Waals surface area contributed by atoms with Gasteiger partial charge in [0.1, 0.15) is 0 Å². The standard InChI is InChI=1S/C18H28N2O/c1-13-10-14(2)18(15(3)11-13)19-12-17(21)20-16-8-6-4-5-7-9-16/h10-11,16,19H,4-9,12H2,1-3H3,(H,20,21). The van der Waals surface area contributed by atoms with Gasteiger partial charge in [0.25, 0.3) is 0 Å². The fourth-order valence-electron chi connectivity index (χ4n) is 3.33. The summed E-state index contributed by atoms with van der Waals surface area (Å²) < 4.78 is 0. The second-order valence-corrected chi connectivity index (χ2v) is 6.38. The summed E-state index contributed by atoms with van der Waals surface area (Å²) in [5, 5.41) is 6.48. The van der Waals surface area contributed by atoms with Crippen molar-refractivity contribution in [3.8, 4) is 0 Å². The molecule has 1 aliphatic rings. The molecular weight excluding hydrogens is 260 g/mol. The number of carbonyl (C=O) groups excluding carboxylic acids is 1. The number of benzene rings is 1. The largest absolute Gasteiger partial charge is 0.376 e. The molecule has 0 bridgehead atoms. The van der Waals surface area contributed by atoms with Gasteiger partial charge in [-0.05, 0) is 44.7 Å². The first kappa shape index (κ1) is 15.9. The molecule has 0 unspecified atom stereocenters. The summed E-state index contributed by atoms with van der Waals surface area (Å²) in [4.78, 5) is 12.1. The number of rotatable bonds is 4. The van der Waals surface area contributed by atoms with E-state index < -0.39 is 0 Å². The highest BCUT2D eigenvalue weighted by Gasteiger charge is 2.14. The van der Waals surface area contributed by atoms with Gasteiger partial charge in [-0.25, -0.2) is 0 Å². The van der Waals surface area contributed by atoms with E-state index in [1.165, 1.54) is 42.4 Å². The SMILES string of the molecule is Cc1cc(C)c(NCC(=O)NC2CCCCCC2)c(C)c1. The molecule has 3 nitrogen and oxygen atoms in total. The van der Waals surface area contributed by atoms with E-state index in [9.17, 15) is 4.79 Å². The highest BCUT2D eigenvalue weighted by Crippen LogP contribution is 2.21. The lowest BCUT2D eigenvalue weighted by Crippen LogP contribution is -2.38. The van der Waals surface area contributed by atoms with Crippen LogP contribution in [-0.2, 0) is 4.79 Å². The summed E-state index contributed by atoms with van der Waals surface area (Å²) >= 11 is 0. The van der Waals surface area contributed by atoms with E-state index in [-0.39, 0.29) is 5.91 Å². The van der Waals surface area contributed by atoms with E-state index in [1.807, 2.05) is 0 Å². The summed E-state index contributed by atoms with van der Waals surface area (Å²) in [6.07, 6.45) is 7.38. The van der Waals surface area contributed by atoms with Crippen LogP contribution in [0.4, 0.5) is 5.69 Å². The molecule has 2 rings (SSSR count). The average Bonchev–Trinajstić information content (AvgIpc) is 2.66. The summed E-state index contributed by atoms with van der Waals surface area (Å²) in [6, 6.07) is 4.68. The number of hydrogen-bond acceptors (Lipinski definition) is 2. The molecule has 1 aliphatic carbocycles. The zero-order chi connectivity index (χ0) is 15.2. The van der Waals surface area contributed by atoms with E-state index in [0.717, 1.165) is 18.5 Å². The van der Waals surface area contributed by atoms with Crippen LogP contribution in [0.15, 0.2) is 12.1 Å². The maximum atomic E-state index is 12.1. The predicted octanol–water partition coefficient (Wildman–Crippen LogP) is 3.86. The van der Waals surface area contributed by atoms with Crippen LogP contribution in [0.5, 0.6) is 0 Å². The maximum absolute atomic E-state index is 12.1. The first-order valence-corrected chi connectivity index (χ1v) is 8.17. The predicted molar refractivity (Wildman–Crippen MR) is 88.8 cm³/mol. The van der Waals surface area contributed by atoms with E-state index in [2.05, 4.69) is 43.5 Å². The van der Waals surface area contributed by atoms with Crippen LogP contribution in [0.25, 0.3) is 0 Å². The third kappa shape index (κ3) is 4.76. The monoisotopic (exact) mass is 288 g/mol. The molecule has 1 aromatic rings. The van der Waals surface area contributed by atoms with Crippen LogP contribution in [0.2, 0.25) is 0 Å². The van der Waals surface area contributed by atoms with Gasteiger partial charge >= 0.3 is 0 Å². The van der Waals surface area contributed by atoms with E-state index in [4.69, 9.17) is 0 Å². The van der Waals surface area contributed by atoms with Crippen molar-refractivity contribution in [3.05, 3.63) is 28.8 Å². The molecule has 1 aromatic carbocycles. The Balaban J connectivity index is 1.86. The van der Waals surface area contributed by atoms with E-state index >= 15 is 0 Å². The van der Waals surface area contributed by atoms with Crippen molar-refractivity contribution in [2.75, 3.05) is 11.9 Å². The van der Waals surface area contributed by atoms with Crippen molar-refractivity contribution in [3.63, 3.8) is 0 Å². The lowest BCUT2D eigenvalue weighted by atomic mass is 10.1. The number of carbonyl (C=O) groups is 1. The molecule has 1 saturated carbocycles. The minimum absolute atomic E-state index is 0.112. The third-order valence-corrected chi connectivity index (χ3v) is 4.32. The summed E-state index contributed by atoms with van der Waals surface area (Å²) in [5.41, 5.74) is 4.76. The van der Waals surface area contributed by atoms with Crippen molar-refractivity contribution < 1.29 is 4.79 Å². The first-order chi connectivity index (χ1) is 10.1. The summed E-state index contributed by atoms with van der Waals surface area (Å²) in [6.45, 7) is 6.64. The molecule has 0 saturated heterocycles.